The molecule has 36 heavy (non-hydrogen) atoms. The lowest BCUT2D eigenvalue weighted by Gasteiger charge is -2.14. The number of nitrogens with zero attached hydrogens (tertiary/aromatic N) is 3. The van der Waals surface area contributed by atoms with Gasteiger partial charge in [0.1, 0.15) is 11.3 Å². The van der Waals surface area contributed by atoms with E-state index in [9.17, 15) is 12.8 Å². The Morgan fingerprint density at radius 3 is 2.53 bits per heavy atom. The Bertz CT molecular complexity index is 1460. The van der Waals surface area contributed by atoms with Crippen LogP contribution in [0, 0.1) is 5.82 Å². The van der Waals surface area contributed by atoms with Gasteiger partial charge in [-0.2, -0.15) is 0 Å². The second kappa shape index (κ2) is 11.0. The van der Waals surface area contributed by atoms with E-state index in [1.54, 1.807) is 49.7 Å². The number of nitrogens with one attached hydrogen (secondary N) is 2. The molecule has 2 N–H and O–H groups in total. The zero-order chi connectivity index (χ0) is 25.7. The molecule has 0 amide bonds. The van der Waals surface area contributed by atoms with Crippen LogP contribution < -0.4 is 10.0 Å². The molecule has 8 nitrogen and oxygen atoms in total. The van der Waals surface area contributed by atoms with E-state index in [2.05, 4.69) is 25.0 Å². The van der Waals surface area contributed by atoms with Crippen molar-refractivity contribution in [3.8, 4) is 11.3 Å². The predicted molar refractivity (Wildman–Crippen MR) is 140 cm³/mol. The SMILES string of the molecule is COCCNc1ncc2nc(-c3ccc(NS(=O)(=O)Cc4ccccc4)c(F)c3)cc(C(C)C)c2n1. The Balaban J connectivity index is 1.62. The number of halogens is 1. The van der Waals surface area contributed by atoms with Gasteiger partial charge in [-0.1, -0.05) is 50.2 Å². The van der Waals surface area contributed by atoms with Crippen LogP contribution >= 0.6 is 0 Å². The molecule has 0 atom stereocenters. The lowest BCUT2D eigenvalue weighted by atomic mass is 9.99. The zero-order valence-corrected chi connectivity index (χ0v) is 21.1. The molecular weight excluding hydrogens is 481 g/mol. The molecule has 0 saturated carbocycles. The molecule has 4 rings (SSSR count). The van der Waals surface area contributed by atoms with Crippen LogP contribution in [0.1, 0.15) is 30.9 Å². The van der Waals surface area contributed by atoms with Crippen molar-refractivity contribution in [2.75, 3.05) is 30.3 Å². The normalized spacial score (nSPS) is 11.7. The number of methoxy groups -OCH3 is 1. The number of fused-ring (bicyclic) bond motifs is 1. The highest BCUT2D eigenvalue weighted by molar-refractivity contribution is 7.91. The first-order valence-corrected chi connectivity index (χ1v) is 13.2. The largest absolute Gasteiger partial charge is 0.383 e. The molecule has 0 unspecified atom stereocenters. The number of sulfonamides is 1. The molecule has 10 heteroatoms. The van der Waals surface area contributed by atoms with E-state index in [0.29, 0.717) is 41.4 Å². The van der Waals surface area contributed by atoms with Crippen molar-refractivity contribution in [1.29, 1.82) is 0 Å². The maximum atomic E-state index is 15.0. The first kappa shape index (κ1) is 25.5. The third kappa shape index (κ3) is 6.13. The van der Waals surface area contributed by atoms with Crippen molar-refractivity contribution in [2.24, 2.45) is 0 Å². The van der Waals surface area contributed by atoms with E-state index in [1.165, 1.54) is 12.1 Å². The van der Waals surface area contributed by atoms with Crippen LogP contribution in [-0.4, -0.2) is 43.6 Å². The quantitative estimate of drug-likeness (QED) is 0.291. The predicted octanol–water partition coefficient (Wildman–Crippen LogP) is 4.95. The van der Waals surface area contributed by atoms with Gasteiger partial charge in [0.25, 0.3) is 0 Å². The summed E-state index contributed by atoms with van der Waals surface area (Å²) in [6, 6.07) is 14.9. The molecule has 0 aliphatic carbocycles. The molecular formula is C26H28FN5O3S. The van der Waals surface area contributed by atoms with E-state index < -0.39 is 15.8 Å². The van der Waals surface area contributed by atoms with Crippen LogP contribution in [0.3, 0.4) is 0 Å². The highest BCUT2D eigenvalue weighted by Crippen LogP contribution is 2.30. The Morgan fingerprint density at radius 1 is 1.06 bits per heavy atom. The minimum Gasteiger partial charge on any atom is -0.383 e. The molecule has 2 aromatic carbocycles. The third-order valence-electron chi connectivity index (χ3n) is 5.52. The fourth-order valence-electron chi connectivity index (χ4n) is 3.74. The van der Waals surface area contributed by atoms with Gasteiger partial charge >= 0.3 is 0 Å². The molecule has 2 aromatic heterocycles. The van der Waals surface area contributed by atoms with Crippen LogP contribution in [0.25, 0.3) is 22.3 Å². The summed E-state index contributed by atoms with van der Waals surface area (Å²) in [7, 11) is -2.16. The molecule has 0 aliphatic rings. The summed E-state index contributed by atoms with van der Waals surface area (Å²) in [6.45, 7) is 5.19. The number of hydrogen-bond donors (Lipinski definition) is 2. The van der Waals surface area contributed by atoms with E-state index in [1.807, 2.05) is 19.9 Å². The summed E-state index contributed by atoms with van der Waals surface area (Å²) in [5, 5.41) is 3.12. The molecule has 0 saturated heterocycles. The standard InChI is InChI=1S/C26H28FN5O3S/c1-17(2)20-14-23(30-24-15-29-26(31-25(20)24)28-11-12-35-3)19-9-10-22(21(27)13-19)32-36(33,34)16-18-7-5-4-6-8-18/h4-10,13-15,17,32H,11-12,16H2,1-3H3,(H,28,29,31). The zero-order valence-electron chi connectivity index (χ0n) is 20.3. The number of pyridine rings is 1. The van der Waals surface area contributed by atoms with Crippen LogP contribution in [0.5, 0.6) is 0 Å². The monoisotopic (exact) mass is 509 g/mol. The van der Waals surface area contributed by atoms with Gasteiger partial charge in [-0.05, 0) is 35.2 Å². The van der Waals surface area contributed by atoms with Crippen LogP contribution in [-0.2, 0) is 20.5 Å². The van der Waals surface area contributed by atoms with E-state index >= 15 is 0 Å². The second-order valence-electron chi connectivity index (χ2n) is 8.64. The summed E-state index contributed by atoms with van der Waals surface area (Å²) in [4.78, 5) is 13.6. The lowest BCUT2D eigenvalue weighted by Crippen LogP contribution is -2.16. The fourth-order valence-corrected chi connectivity index (χ4v) is 4.94. The number of hydrogen-bond acceptors (Lipinski definition) is 7. The maximum absolute atomic E-state index is 15.0. The number of rotatable bonds is 10. The first-order chi connectivity index (χ1) is 17.3. The topological polar surface area (TPSA) is 106 Å². The number of benzene rings is 2. The summed E-state index contributed by atoms with van der Waals surface area (Å²) in [5.41, 5.74) is 3.81. The van der Waals surface area contributed by atoms with Gasteiger partial charge in [0, 0.05) is 19.2 Å². The number of aromatic nitrogens is 3. The second-order valence-corrected chi connectivity index (χ2v) is 10.4. The van der Waals surface area contributed by atoms with Crippen LogP contribution in [0.2, 0.25) is 0 Å². The smallest absolute Gasteiger partial charge is 0.237 e. The minimum atomic E-state index is -3.78. The average Bonchev–Trinajstić information content (AvgIpc) is 2.85. The lowest BCUT2D eigenvalue weighted by molar-refractivity contribution is 0.210. The number of anilines is 2. The Labute approximate surface area is 210 Å². The van der Waals surface area contributed by atoms with Crippen molar-refractivity contribution < 1.29 is 17.5 Å². The molecule has 4 aromatic rings. The van der Waals surface area contributed by atoms with Crippen molar-refractivity contribution >= 4 is 32.7 Å². The van der Waals surface area contributed by atoms with Crippen molar-refractivity contribution in [2.45, 2.75) is 25.5 Å². The van der Waals surface area contributed by atoms with Gasteiger partial charge in [0.2, 0.25) is 16.0 Å². The van der Waals surface area contributed by atoms with Crippen LogP contribution in [0.4, 0.5) is 16.0 Å². The summed E-state index contributed by atoms with van der Waals surface area (Å²) in [5.74, 6) is -0.327. The molecule has 0 radical (unpaired) electrons. The molecule has 0 bridgehead atoms. The molecule has 0 fully saturated rings. The fraction of sp³-hybridized carbons (Fsp3) is 0.269. The molecule has 188 valence electrons. The molecule has 0 spiro atoms. The van der Waals surface area contributed by atoms with Gasteiger partial charge in [-0.25, -0.2) is 27.8 Å². The van der Waals surface area contributed by atoms with Gasteiger partial charge in [0.05, 0.1) is 35.5 Å². The first-order valence-electron chi connectivity index (χ1n) is 11.5. The van der Waals surface area contributed by atoms with Gasteiger partial charge in [0.15, 0.2) is 0 Å². The molecule has 2 heterocycles. The van der Waals surface area contributed by atoms with Gasteiger partial charge in [-0.15, -0.1) is 0 Å². The van der Waals surface area contributed by atoms with E-state index in [4.69, 9.17) is 4.74 Å². The highest BCUT2D eigenvalue weighted by atomic mass is 32.2. The minimum absolute atomic E-state index is 0.116. The highest BCUT2D eigenvalue weighted by Gasteiger charge is 2.17. The Morgan fingerprint density at radius 2 is 1.83 bits per heavy atom. The summed E-state index contributed by atoms with van der Waals surface area (Å²) in [6.07, 6.45) is 1.63. The van der Waals surface area contributed by atoms with E-state index in [0.717, 1.165) is 11.1 Å². The maximum Gasteiger partial charge on any atom is 0.237 e. The Hall–Kier alpha value is -3.63. The Kier molecular flexibility index (Phi) is 7.76. The van der Waals surface area contributed by atoms with Crippen molar-refractivity contribution in [3.63, 3.8) is 0 Å². The van der Waals surface area contributed by atoms with E-state index in [-0.39, 0.29) is 17.4 Å². The van der Waals surface area contributed by atoms with Gasteiger partial charge < -0.3 is 10.1 Å². The third-order valence-corrected chi connectivity index (χ3v) is 6.76. The van der Waals surface area contributed by atoms with Crippen molar-refractivity contribution in [1.82, 2.24) is 15.0 Å². The van der Waals surface area contributed by atoms with Crippen molar-refractivity contribution in [3.05, 3.63) is 77.7 Å². The summed E-state index contributed by atoms with van der Waals surface area (Å²) < 4.78 is 47.4. The number of ether oxygens (including phenoxy) is 1. The average molecular weight is 510 g/mol. The van der Waals surface area contributed by atoms with Crippen LogP contribution in [0.15, 0.2) is 60.8 Å². The molecule has 0 aliphatic heterocycles. The van der Waals surface area contributed by atoms with Gasteiger partial charge in [-0.3, -0.25) is 4.72 Å². The summed E-state index contributed by atoms with van der Waals surface area (Å²) >= 11 is 0.